The number of carbonyl (C=O) groups excluding carboxylic acids is 1. The van der Waals surface area contributed by atoms with E-state index in [9.17, 15) is 9.18 Å². The maximum Gasteiger partial charge on any atom is 0.317 e. The number of amides is 2. The van der Waals surface area contributed by atoms with Gasteiger partial charge in [0, 0.05) is 32.2 Å². The van der Waals surface area contributed by atoms with Crippen LogP contribution in [-0.4, -0.2) is 74.4 Å². The van der Waals surface area contributed by atoms with Crippen LogP contribution in [0.1, 0.15) is 20.3 Å². The van der Waals surface area contributed by atoms with Crippen molar-refractivity contribution in [2.24, 2.45) is 0 Å². The summed E-state index contributed by atoms with van der Waals surface area (Å²) in [5.41, 5.74) is -0.0785. The van der Waals surface area contributed by atoms with E-state index in [1.165, 1.54) is 12.1 Å². The SMILES string of the molecule is CCC(C)(CNC(=O)N(C)CCOc1ccc(F)cc1)N1CCOCC1. The Morgan fingerprint density at radius 1 is 1.35 bits per heavy atom. The van der Waals surface area contributed by atoms with Gasteiger partial charge in [0.1, 0.15) is 18.2 Å². The van der Waals surface area contributed by atoms with Gasteiger partial charge in [-0.05, 0) is 37.6 Å². The molecular formula is C19H30FN3O3. The van der Waals surface area contributed by atoms with E-state index in [1.807, 2.05) is 0 Å². The number of halogens is 1. The molecule has 2 amide bonds. The van der Waals surface area contributed by atoms with Gasteiger partial charge in [-0.1, -0.05) is 6.92 Å². The number of morpholine rings is 1. The average molecular weight is 367 g/mol. The average Bonchev–Trinajstić information content (AvgIpc) is 2.68. The lowest BCUT2D eigenvalue weighted by Gasteiger charge is -2.43. The molecular weight excluding hydrogens is 337 g/mol. The predicted octanol–water partition coefficient (Wildman–Crippen LogP) is 2.35. The first-order chi connectivity index (χ1) is 12.4. The molecule has 1 N–H and O–H groups in total. The van der Waals surface area contributed by atoms with E-state index in [-0.39, 0.29) is 17.4 Å². The largest absolute Gasteiger partial charge is 0.492 e. The highest BCUT2D eigenvalue weighted by atomic mass is 19.1. The molecule has 1 fully saturated rings. The fourth-order valence-corrected chi connectivity index (χ4v) is 2.90. The number of benzene rings is 1. The minimum absolute atomic E-state index is 0.0785. The number of hydrogen-bond donors (Lipinski definition) is 1. The summed E-state index contributed by atoms with van der Waals surface area (Å²) in [7, 11) is 1.74. The molecule has 7 heteroatoms. The Morgan fingerprint density at radius 2 is 2.00 bits per heavy atom. The lowest BCUT2D eigenvalue weighted by molar-refractivity contribution is -0.0167. The van der Waals surface area contributed by atoms with Crippen molar-refractivity contribution in [3.8, 4) is 5.75 Å². The van der Waals surface area contributed by atoms with Crippen LogP contribution in [-0.2, 0) is 4.74 Å². The van der Waals surface area contributed by atoms with Crippen molar-refractivity contribution in [2.45, 2.75) is 25.8 Å². The smallest absolute Gasteiger partial charge is 0.317 e. The van der Waals surface area contributed by atoms with E-state index in [0.29, 0.717) is 25.4 Å². The van der Waals surface area contributed by atoms with Gasteiger partial charge >= 0.3 is 6.03 Å². The fourth-order valence-electron chi connectivity index (χ4n) is 2.90. The molecule has 0 aliphatic carbocycles. The van der Waals surface area contributed by atoms with Crippen molar-refractivity contribution in [1.82, 2.24) is 15.1 Å². The van der Waals surface area contributed by atoms with E-state index in [1.54, 1.807) is 24.1 Å². The molecule has 1 saturated heterocycles. The Bertz CT molecular complexity index is 564. The van der Waals surface area contributed by atoms with E-state index < -0.39 is 0 Å². The van der Waals surface area contributed by atoms with Gasteiger partial charge in [-0.25, -0.2) is 9.18 Å². The molecule has 1 aromatic carbocycles. The van der Waals surface area contributed by atoms with E-state index >= 15 is 0 Å². The number of ether oxygens (including phenoxy) is 2. The van der Waals surface area contributed by atoms with Crippen molar-refractivity contribution in [3.05, 3.63) is 30.1 Å². The van der Waals surface area contributed by atoms with Crippen molar-refractivity contribution in [3.63, 3.8) is 0 Å². The van der Waals surface area contributed by atoms with E-state index in [4.69, 9.17) is 9.47 Å². The van der Waals surface area contributed by atoms with Crippen LogP contribution in [0.2, 0.25) is 0 Å². The lowest BCUT2D eigenvalue weighted by Crippen LogP contribution is -2.57. The number of hydrogen-bond acceptors (Lipinski definition) is 4. The zero-order chi connectivity index (χ0) is 19.0. The highest BCUT2D eigenvalue weighted by Crippen LogP contribution is 2.20. The third-order valence-electron chi connectivity index (χ3n) is 5.01. The van der Waals surface area contributed by atoms with Crippen LogP contribution in [0.5, 0.6) is 5.75 Å². The number of carbonyl (C=O) groups is 1. The molecule has 0 bridgehead atoms. The number of likely N-dealkylation sites (N-methyl/N-ethyl adjacent to an activating group) is 1. The first kappa shape index (κ1) is 20.5. The van der Waals surface area contributed by atoms with Crippen LogP contribution in [0.25, 0.3) is 0 Å². The maximum atomic E-state index is 12.9. The van der Waals surface area contributed by atoms with Crippen molar-refractivity contribution in [2.75, 3.05) is 53.0 Å². The van der Waals surface area contributed by atoms with Crippen molar-refractivity contribution in [1.29, 1.82) is 0 Å². The molecule has 1 aromatic rings. The van der Waals surface area contributed by atoms with Crippen molar-refractivity contribution >= 4 is 6.03 Å². The molecule has 1 unspecified atom stereocenters. The van der Waals surface area contributed by atoms with Crippen LogP contribution >= 0.6 is 0 Å². The highest BCUT2D eigenvalue weighted by molar-refractivity contribution is 5.73. The van der Waals surface area contributed by atoms with Crippen LogP contribution in [0.3, 0.4) is 0 Å². The third-order valence-corrected chi connectivity index (χ3v) is 5.01. The number of urea groups is 1. The quantitative estimate of drug-likeness (QED) is 0.766. The second-order valence-corrected chi connectivity index (χ2v) is 6.83. The summed E-state index contributed by atoms with van der Waals surface area (Å²) < 4.78 is 23.8. The standard InChI is InChI=1S/C19H30FN3O3/c1-4-19(2,23-10-12-25-13-11-23)15-21-18(24)22(3)9-14-26-17-7-5-16(20)6-8-17/h5-8H,4,9-15H2,1-3H3,(H,21,24). The summed E-state index contributed by atoms with van der Waals surface area (Å²) in [4.78, 5) is 16.3. The molecule has 2 rings (SSSR count). The minimum atomic E-state index is -0.298. The lowest BCUT2D eigenvalue weighted by atomic mass is 9.95. The first-order valence-corrected chi connectivity index (χ1v) is 9.15. The van der Waals surface area contributed by atoms with Gasteiger partial charge in [-0.15, -0.1) is 0 Å². The topological polar surface area (TPSA) is 54.0 Å². The van der Waals surface area contributed by atoms with Gasteiger partial charge in [0.25, 0.3) is 0 Å². The van der Waals surface area contributed by atoms with Crippen LogP contribution in [0.15, 0.2) is 24.3 Å². The zero-order valence-electron chi connectivity index (χ0n) is 16.0. The van der Waals surface area contributed by atoms with Gasteiger partial charge in [0.05, 0.1) is 19.8 Å². The Balaban J connectivity index is 1.74. The van der Waals surface area contributed by atoms with E-state index in [2.05, 4.69) is 24.1 Å². The highest BCUT2D eigenvalue weighted by Gasteiger charge is 2.31. The fraction of sp³-hybridized carbons (Fsp3) is 0.632. The summed E-state index contributed by atoms with van der Waals surface area (Å²) in [6.45, 7) is 8.97. The summed E-state index contributed by atoms with van der Waals surface area (Å²) >= 11 is 0. The van der Waals surface area contributed by atoms with Gasteiger partial charge in [0.2, 0.25) is 0 Å². The molecule has 146 valence electrons. The molecule has 26 heavy (non-hydrogen) atoms. The third kappa shape index (κ3) is 5.85. The second-order valence-electron chi connectivity index (χ2n) is 6.83. The Labute approximate surface area is 155 Å². The molecule has 0 radical (unpaired) electrons. The normalized spacial score (nSPS) is 17.4. The first-order valence-electron chi connectivity index (χ1n) is 9.15. The van der Waals surface area contributed by atoms with Gasteiger partial charge in [-0.2, -0.15) is 0 Å². The summed E-state index contributed by atoms with van der Waals surface area (Å²) in [5, 5.41) is 3.03. The Hall–Kier alpha value is -1.86. The van der Waals surface area contributed by atoms with Crippen molar-refractivity contribution < 1.29 is 18.7 Å². The molecule has 1 aliphatic heterocycles. The summed E-state index contributed by atoms with van der Waals surface area (Å²) in [6, 6.07) is 5.72. The zero-order valence-corrected chi connectivity index (χ0v) is 16.0. The molecule has 0 spiro atoms. The molecule has 0 aromatic heterocycles. The Morgan fingerprint density at radius 3 is 2.62 bits per heavy atom. The van der Waals surface area contributed by atoms with Gasteiger partial charge < -0.3 is 19.7 Å². The second kappa shape index (κ2) is 9.73. The van der Waals surface area contributed by atoms with Crippen LogP contribution in [0, 0.1) is 5.82 Å². The maximum absolute atomic E-state index is 12.9. The number of nitrogens with zero attached hydrogens (tertiary/aromatic N) is 2. The Kier molecular flexibility index (Phi) is 7.66. The summed E-state index contributed by atoms with van der Waals surface area (Å²) in [6.07, 6.45) is 0.949. The monoisotopic (exact) mass is 367 g/mol. The number of nitrogens with one attached hydrogen (secondary N) is 1. The van der Waals surface area contributed by atoms with Crippen LogP contribution in [0.4, 0.5) is 9.18 Å². The summed E-state index contributed by atoms with van der Waals surface area (Å²) in [5.74, 6) is 0.291. The molecule has 6 nitrogen and oxygen atoms in total. The molecule has 1 atom stereocenters. The van der Waals surface area contributed by atoms with Gasteiger partial charge in [-0.3, -0.25) is 4.90 Å². The number of rotatable bonds is 8. The van der Waals surface area contributed by atoms with Gasteiger partial charge in [0.15, 0.2) is 0 Å². The molecule has 1 heterocycles. The predicted molar refractivity (Wildman–Crippen MR) is 99.0 cm³/mol. The molecule has 1 aliphatic rings. The minimum Gasteiger partial charge on any atom is -0.492 e. The van der Waals surface area contributed by atoms with E-state index in [0.717, 1.165) is 32.7 Å². The molecule has 0 saturated carbocycles. The van der Waals surface area contributed by atoms with Crippen LogP contribution < -0.4 is 10.1 Å².